The van der Waals surface area contributed by atoms with Crippen molar-refractivity contribution in [2.24, 2.45) is 5.92 Å². The molecule has 80 heavy (non-hydrogen) atoms. The van der Waals surface area contributed by atoms with E-state index >= 15 is 0 Å². The summed E-state index contributed by atoms with van der Waals surface area (Å²) < 4.78 is 0. The van der Waals surface area contributed by atoms with E-state index in [2.05, 4.69) is 5.32 Å². The summed E-state index contributed by atoms with van der Waals surface area (Å²) in [6.07, 6.45) is 2.63. The maximum absolute atomic E-state index is 13.5. The maximum atomic E-state index is 13.5. The van der Waals surface area contributed by atoms with Gasteiger partial charge in [-0.1, -0.05) is 188 Å². The molecule has 8 atom stereocenters. The van der Waals surface area contributed by atoms with E-state index in [0.717, 1.165) is 58.4 Å². The molecule has 0 spiro atoms. The van der Waals surface area contributed by atoms with Gasteiger partial charge in [-0.2, -0.15) is 11.8 Å². The molecule has 17 heteroatoms. The number of aliphatic hydroxyl groups excluding tert-OH is 1. The monoisotopic (exact) mass is 1100 g/mol. The molecule has 6 aromatic rings. The summed E-state index contributed by atoms with van der Waals surface area (Å²) in [7, 11) is 0. The van der Waals surface area contributed by atoms with Crippen molar-refractivity contribution in [1.29, 1.82) is 0 Å². The average molecular weight is 1100 g/mol. The fraction of sp³-hybridized carbons (Fsp3) is 0.317. The molecule has 412 valence electrons. The number of carboxylic acid groups (broad SMARTS) is 1. The van der Waals surface area contributed by atoms with Gasteiger partial charge in [-0.15, -0.1) is 0 Å². The van der Waals surface area contributed by atoms with Gasteiger partial charge in [-0.25, -0.2) is 9.59 Å². The third kappa shape index (κ3) is 12.3. The first-order valence-electron chi connectivity index (χ1n) is 27.3. The smallest absolute Gasteiger partial charge is 0.322 e. The summed E-state index contributed by atoms with van der Waals surface area (Å²) in [4.78, 5) is 98.0. The highest BCUT2D eigenvalue weighted by Gasteiger charge is 2.61. The quantitative estimate of drug-likeness (QED) is 0.0598. The number of hydrogen-bond donors (Lipinski definition) is 3. The van der Waals surface area contributed by atoms with Gasteiger partial charge < -0.3 is 40.0 Å². The number of rotatable bonds is 17. The zero-order valence-electron chi connectivity index (χ0n) is 44.3. The first kappa shape index (κ1) is 55.1. The van der Waals surface area contributed by atoms with E-state index in [1.54, 1.807) is 19.6 Å². The predicted octanol–water partition coefficient (Wildman–Crippen LogP) is 7.90. The average Bonchev–Trinajstić information content (AvgIpc) is 4.40. The van der Waals surface area contributed by atoms with Gasteiger partial charge >= 0.3 is 18.0 Å². The molecule has 0 aromatic heterocycles. The first-order chi connectivity index (χ1) is 38.9. The maximum Gasteiger partial charge on any atom is 0.322 e. The fourth-order valence-electron chi connectivity index (χ4n) is 11.8. The van der Waals surface area contributed by atoms with Gasteiger partial charge in [0.2, 0.25) is 11.8 Å². The van der Waals surface area contributed by atoms with Crippen LogP contribution in [0.1, 0.15) is 65.5 Å². The lowest BCUT2D eigenvalue weighted by molar-refractivity contribution is -0.142. The fourth-order valence-corrected chi connectivity index (χ4v) is 13.4. The lowest BCUT2D eigenvalue weighted by atomic mass is 9.94. The molecule has 0 radical (unpaired) electrons. The highest BCUT2D eigenvalue weighted by atomic mass is 32.2. The first-order valence-corrected chi connectivity index (χ1v) is 28.3. The lowest BCUT2D eigenvalue weighted by Crippen LogP contribution is -2.46. The van der Waals surface area contributed by atoms with Crippen LogP contribution in [0.25, 0.3) is 0 Å². The van der Waals surface area contributed by atoms with Gasteiger partial charge in [0.1, 0.15) is 24.2 Å². The van der Waals surface area contributed by atoms with Gasteiger partial charge in [0.15, 0.2) is 6.23 Å². The number of unbranched alkanes of at least 4 members (excludes halogenated alkanes) is 1. The van der Waals surface area contributed by atoms with Crippen molar-refractivity contribution in [2.45, 2.75) is 113 Å². The number of nitrogens with one attached hydrogen (secondary N) is 1. The van der Waals surface area contributed by atoms with E-state index in [9.17, 15) is 38.7 Å². The van der Waals surface area contributed by atoms with Crippen LogP contribution >= 0.6 is 11.8 Å². The van der Waals surface area contributed by atoms with Crippen LogP contribution in [0.5, 0.6) is 0 Å². The second-order valence-electron chi connectivity index (χ2n) is 21.0. The Morgan fingerprint density at radius 2 is 0.850 bits per heavy atom. The van der Waals surface area contributed by atoms with E-state index in [4.69, 9.17) is 5.11 Å². The summed E-state index contributed by atoms with van der Waals surface area (Å²) in [5.41, 5.74) is 5.57. The lowest BCUT2D eigenvalue weighted by Gasteiger charge is -2.29. The standard InChI is InChI=1S/C26H25N3O3.C26H23N3O3.C11H17NO3S/c2*30-24-22-23(25(31)29(24)18-21-14-8-3-9-15-21)28(17-20-12-6-2-7-13-20)26(32)27(22)16-19-10-4-1-5-11-19;13-10-5-7-8(12-10)6-16-9(7)3-1-2-4-11(14)15/h1-15,22-24,30H,16-18H2;1-15,22-23H,16-18H2;7-9H,1-6H2,(H,12,13)(H,14,15)/t22-,23+,24-;22-,23+;7-,8-,9-/m1.0/s1. The van der Waals surface area contributed by atoms with Gasteiger partial charge in [0.05, 0.1) is 6.54 Å². The Labute approximate surface area is 469 Å². The van der Waals surface area contributed by atoms with Crippen molar-refractivity contribution < 1.29 is 43.8 Å². The SMILES string of the molecule is O=C(O)CCCC[C@@H]1SC[C@@H]2NC(=O)C[C@@H]21.O=C1[C@@H]2[C@H](C(=O)N1Cc1ccccc1)N(Cc1ccccc1)C(=O)N2Cc1ccccc1.O=C1[C@@H]2[C@H]([C@@H](O)N1Cc1ccccc1)N(Cc1ccccc1)C(=O)N2Cc1ccccc1. The number of aliphatic hydroxyl groups is 1. The van der Waals surface area contributed by atoms with Crippen molar-refractivity contribution in [1.82, 2.24) is 34.7 Å². The predicted molar refractivity (Wildman–Crippen MR) is 301 cm³/mol. The minimum absolute atomic E-state index is 0.186. The molecule has 0 aliphatic carbocycles. The number of aliphatic carboxylic acids is 1. The highest BCUT2D eigenvalue weighted by Crippen LogP contribution is 2.41. The number of likely N-dealkylation sites (tertiary alicyclic amines) is 2. The molecular weight excluding hydrogens is 1030 g/mol. The minimum atomic E-state index is -1.07. The van der Waals surface area contributed by atoms with Crippen molar-refractivity contribution >= 4 is 53.4 Å². The van der Waals surface area contributed by atoms with Crippen molar-refractivity contribution in [3.8, 4) is 0 Å². The topological polar surface area (TPSA) is 191 Å². The Morgan fingerprint density at radius 3 is 1.27 bits per heavy atom. The molecule has 0 saturated carbocycles. The number of thioether (sulfide) groups is 1. The third-order valence-corrected chi connectivity index (χ3v) is 17.3. The van der Waals surface area contributed by atoms with Crippen LogP contribution in [0, 0.1) is 5.92 Å². The zero-order chi connectivity index (χ0) is 55.7. The molecule has 8 amide bonds. The third-order valence-electron chi connectivity index (χ3n) is 15.7. The molecule has 6 heterocycles. The Balaban J connectivity index is 0.000000143. The number of carbonyl (C=O) groups excluding carboxylic acids is 6. The highest BCUT2D eigenvalue weighted by molar-refractivity contribution is 8.00. The molecule has 6 saturated heterocycles. The molecular formula is C63H65N7O9S. The Bertz CT molecular complexity index is 3060. The Morgan fingerprint density at radius 1 is 0.475 bits per heavy atom. The number of imide groups is 1. The van der Waals surface area contributed by atoms with Gasteiger partial charge in [0.25, 0.3) is 11.8 Å². The molecule has 12 rings (SSSR count). The number of urea groups is 2. The van der Waals surface area contributed by atoms with Crippen LogP contribution in [0.15, 0.2) is 182 Å². The number of carbonyl (C=O) groups is 7. The molecule has 6 aromatic carbocycles. The van der Waals surface area contributed by atoms with E-state index < -0.39 is 36.4 Å². The second kappa shape index (κ2) is 25.2. The number of fused-ring (bicyclic) bond motifs is 3. The molecule has 0 unspecified atom stereocenters. The van der Waals surface area contributed by atoms with Crippen LogP contribution in [0.4, 0.5) is 9.59 Å². The summed E-state index contributed by atoms with van der Waals surface area (Å²) in [6.45, 7) is 1.74. The number of amides is 8. The van der Waals surface area contributed by atoms with Crippen LogP contribution in [0.3, 0.4) is 0 Å². The van der Waals surface area contributed by atoms with E-state index in [1.165, 1.54) is 9.80 Å². The molecule has 3 N–H and O–H groups in total. The molecule has 0 bridgehead atoms. The summed E-state index contributed by atoms with van der Waals surface area (Å²) >= 11 is 1.93. The van der Waals surface area contributed by atoms with Gasteiger partial charge in [-0.3, -0.25) is 28.9 Å². The van der Waals surface area contributed by atoms with E-state index in [-0.39, 0.29) is 61.7 Å². The summed E-state index contributed by atoms with van der Waals surface area (Å²) in [5, 5.41) is 23.3. The van der Waals surface area contributed by atoms with Crippen molar-refractivity contribution in [3.63, 3.8) is 0 Å². The molecule has 6 aliphatic rings. The number of carboxylic acids is 1. The van der Waals surface area contributed by atoms with E-state index in [0.29, 0.717) is 43.3 Å². The molecule has 6 aliphatic heterocycles. The second-order valence-corrected chi connectivity index (χ2v) is 22.3. The van der Waals surface area contributed by atoms with Crippen molar-refractivity contribution in [2.75, 3.05) is 5.75 Å². The van der Waals surface area contributed by atoms with E-state index in [1.807, 2.05) is 194 Å². The normalized spacial score (nSPS) is 23.6. The number of hydrogen-bond acceptors (Lipinski definition) is 9. The largest absolute Gasteiger partial charge is 0.481 e. The van der Waals surface area contributed by atoms with Crippen LogP contribution < -0.4 is 5.32 Å². The van der Waals surface area contributed by atoms with Crippen LogP contribution in [-0.4, -0.2) is 129 Å². The van der Waals surface area contributed by atoms with Gasteiger partial charge in [0, 0.05) is 68.5 Å². The number of nitrogens with zero attached hydrogens (tertiary/aromatic N) is 6. The summed E-state index contributed by atoms with van der Waals surface area (Å²) in [6, 6.07) is 54.4. The molecule has 6 fully saturated rings. The minimum Gasteiger partial charge on any atom is -0.481 e. The van der Waals surface area contributed by atoms with Crippen molar-refractivity contribution in [3.05, 3.63) is 215 Å². The van der Waals surface area contributed by atoms with Gasteiger partial charge in [-0.05, 0) is 46.2 Å². The molecule has 16 nitrogen and oxygen atoms in total. The Hall–Kier alpha value is -8.28. The number of benzene rings is 6. The summed E-state index contributed by atoms with van der Waals surface area (Å²) in [5.74, 6) is 0.140. The van der Waals surface area contributed by atoms with Crippen LogP contribution in [-0.2, 0) is 63.2 Å². The Kier molecular flexibility index (Phi) is 17.4. The van der Waals surface area contributed by atoms with Crippen LogP contribution in [0.2, 0.25) is 0 Å². The zero-order valence-corrected chi connectivity index (χ0v) is 45.1.